The molecule has 1 heterocycles. The lowest BCUT2D eigenvalue weighted by Gasteiger charge is -2.26. The highest BCUT2D eigenvalue weighted by atomic mass is 16.5. The Morgan fingerprint density at radius 2 is 1.74 bits per heavy atom. The molecule has 184 valence electrons. The van der Waals surface area contributed by atoms with Gasteiger partial charge in [0.25, 0.3) is 0 Å². The van der Waals surface area contributed by atoms with Gasteiger partial charge in [-0.25, -0.2) is 9.97 Å². The molecule has 0 fully saturated rings. The minimum Gasteiger partial charge on any atom is -0.497 e. The number of aromatic nitrogens is 2. The molecule has 8 heteroatoms. The molecular formula is C27H34N6O2. The van der Waals surface area contributed by atoms with E-state index in [2.05, 4.69) is 24.9 Å². The van der Waals surface area contributed by atoms with Gasteiger partial charge in [-0.15, -0.1) is 0 Å². The first-order chi connectivity index (χ1) is 17.1. The van der Waals surface area contributed by atoms with E-state index >= 15 is 0 Å². The van der Waals surface area contributed by atoms with Crippen molar-refractivity contribution in [3.63, 3.8) is 0 Å². The molecule has 2 aromatic rings. The molecule has 0 atom stereocenters. The van der Waals surface area contributed by atoms with Gasteiger partial charge >= 0.3 is 0 Å². The van der Waals surface area contributed by atoms with Crippen molar-refractivity contribution in [3.8, 4) is 11.5 Å². The number of allylic oxidation sites excluding steroid dienone is 6. The average molecular weight is 475 g/mol. The molecule has 0 radical (unpaired) electrons. The number of anilines is 1. The van der Waals surface area contributed by atoms with E-state index in [0.29, 0.717) is 30.4 Å². The van der Waals surface area contributed by atoms with E-state index in [-0.39, 0.29) is 0 Å². The highest BCUT2D eigenvalue weighted by Gasteiger charge is 2.15. The van der Waals surface area contributed by atoms with Gasteiger partial charge in [-0.3, -0.25) is 9.98 Å². The molecule has 0 bridgehead atoms. The Morgan fingerprint density at radius 1 is 1.06 bits per heavy atom. The molecule has 0 saturated carbocycles. The molecule has 0 aliphatic heterocycles. The van der Waals surface area contributed by atoms with Crippen molar-refractivity contribution in [2.45, 2.75) is 20.4 Å². The molecular weight excluding hydrogens is 440 g/mol. The van der Waals surface area contributed by atoms with Crippen LogP contribution in [0.15, 0.2) is 94.0 Å². The van der Waals surface area contributed by atoms with Crippen LogP contribution in [0, 0.1) is 0 Å². The van der Waals surface area contributed by atoms with Crippen molar-refractivity contribution in [1.29, 1.82) is 0 Å². The van der Waals surface area contributed by atoms with Gasteiger partial charge in [-0.2, -0.15) is 0 Å². The number of methoxy groups -OCH3 is 2. The Kier molecular flexibility index (Phi) is 11.5. The van der Waals surface area contributed by atoms with Gasteiger partial charge in [-0.05, 0) is 26.0 Å². The minimum atomic E-state index is 0.450. The Hall–Kier alpha value is -4.20. The molecule has 35 heavy (non-hydrogen) atoms. The third kappa shape index (κ3) is 8.26. The number of hydrogen-bond donors (Lipinski definition) is 1. The van der Waals surface area contributed by atoms with E-state index in [0.717, 1.165) is 22.5 Å². The molecule has 1 aromatic carbocycles. The van der Waals surface area contributed by atoms with Crippen molar-refractivity contribution < 1.29 is 9.47 Å². The van der Waals surface area contributed by atoms with Crippen molar-refractivity contribution in [2.24, 2.45) is 15.7 Å². The summed E-state index contributed by atoms with van der Waals surface area (Å²) in [4.78, 5) is 19.4. The van der Waals surface area contributed by atoms with Crippen molar-refractivity contribution in [2.75, 3.05) is 32.7 Å². The summed E-state index contributed by atoms with van der Waals surface area (Å²) in [6.45, 7) is 5.08. The smallest absolute Gasteiger partial charge is 0.147 e. The minimum absolute atomic E-state index is 0.450. The van der Waals surface area contributed by atoms with E-state index in [1.54, 1.807) is 52.2 Å². The lowest BCUT2D eigenvalue weighted by atomic mass is 10.1. The lowest BCUT2D eigenvalue weighted by molar-refractivity contribution is 0.394. The van der Waals surface area contributed by atoms with Crippen LogP contribution in [0.3, 0.4) is 0 Å². The van der Waals surface area contributed by atoms with Gasteiger partial charge in [0.15, 0.2) is 0 Å². The standard InChI is InChI=1S/C27H34N6O2/c1-6-23(11-8-10-21(19-30-7-2)22(17-28)18-29-3)33(20-27-31-12-9-13-32-27)24-14-25(34-4)16-26(15-24)35-5/h6,8-19H,7,20,28H2,1-5H3/b11-8+,21-10+,22-17+,23-6+,29-18?,30-19?. The Balaban J connectivity index is 2.52. The van der Waals surface area contributed by atoms with Gasteiger partial charge in [0, 0.05) is 85.3 Å². The Labute approximate surface area is 207 Å². The lowest BCUT2D eigenvalue weighted by Crippen LogP contribution is -2.22. The van der Waals surface area contributed by atoms with E-state index in [1.165, 1.54) is 6.20 Å². The Morgan fingerprint density at radius 3 is 2.29 bits per heavy atom. The number of rotatable bonds is 12. The summed E-state index contributed by atoms with van der Waals surface area (Å²) in [6.07, 6.45) is 16.4. The predicted molar refractivity (Wildman–Crippen MR) is 144 cm³/mol. The van der Waals surface area contributed by atoms with E-state index in [1.807, 2.05) is 56.4 Å². The van der Waals surface area contributed by atoms with Crippen molar-refractivity contribution in [1.82, 2.24) is 9.97 Å². The third-order valence-corrected chi connectivity index (χ3v) is 4.91. The predicted octanol–water partition coefficient (Wildman–Crippen LogP) is 4.52. The van der Waals surface area contributed by atoms with Crippen LogP contribution in [-0.2, 0) is 6.54 Å². The molecule has 0 spiro atoms. The maximum Gasteiger partial charge on any atom is 0.147 e. The number of nitrogens with zero attached hydrogens (tertiary/aromatic N) is 5. The van der Waals surface area contributed by atoms with Crippen LogP contribution < -0.4 is 20.1 Å². The molecule has 0 aliphatic rings. The fourth-order valence-electron chi connectivity index (χ4n) is 3.18. The second-order valence-corrected chi connectivity index (χ2v) is 7.15. The summed E-state index contributed by atoms with van der Waals surface area (Å²) in [5, 5.41) is 0. The zero-order valence-corrected chi connectivity index (χ0v) is 21.0. The van der Waals surface area contributed by atoms with Gasteiger partial charge in [0.1, 0.15) is 17.3 Å². The highest BCUT2D eigenvalue weighted by Crippen LogP contribution is 2.31. The normalized spacial score (nSPS) is 13.2. The van der Waals surface area contributed by atoms with Crippen molar-refractivity contribution >= 4 is 18.1 Å². The van der Waals surface area contributed by atoms with Crippen LogP contribution in [0.1, 0.15) is 19.7 Å². The molecule has 0 saturated heterocycles. The summed E-state index contributed by atoms with van der Waals surface area (Å²) in [6, 6.07) is 7.53. The molecule has 1 aromatic heterocycles. The first-order valence-corrected chi connectivity index (χ1v) is 11.3. The van der Waals surface area contributed by atoms with Gasteiger partial charge in [0.05, 0.1) is 20.8 Å². The van der Waals surface area contributed by atoms with Crippen LogP contribution in [0.2, 0.25) is 0 Å². The third-order valence-electron chi connectivity index (χ3n) is 4.91. The SMILES string of the molecule is C\C=C(/C=C/C=C(C=NCC)/C(C=NC)=C/N)N(Cc1ncccn1)c1cc(OC)cc(OC)c1. The summed E-state index contributed by atoms with van der Waals surface area (Å²) >= 11 is 0. The average Bonchev–Trinajstić information content (AvgIpc) is 2.90. The molecule has 2 N–H and O–H groups in total. The van der Waals surface area contributed by atoms with Gasteiger partial charge in [0.2, 0.25) is 0 Å². The fourth-order valence-corrected chi connectivity index (χ4v) is 3.18. The quantitative estimate of drug-likeness (QED) is 0.359. The first-order valence-electron chi connectivity index (χ1n) is 11.3. The molecule has 2 rings (SSSR count). The number of aliphatic imine (C=N–C) groups is 2. The summed E-state index contributed by atoms with van der Waals surface area (Å²) in [5.74, 6) is 2.06. The topological polar surface area (TPSA) is 98.2 Å². The van der Waals surface area contributed by atoms with Crippen LogP contribution >= 0.6 is 0 Å². The number of benzene rings is 1. The second-order valence-electron chi connectivity index (χ2n) is 7.15. The molecule has 8 nitrogen and oxygen atoms in total. The second kappa shape index (κ2) is 14.8. The van der Waals surface area contributed by atoms with E-state index in [9.17, 15) is 0 Å². The zero-order valence-electron chi connectivity index (χ0n) is 21.0. The first kappa shape index (κ1) is 27.0. The van der Waals surface area contributed by atoms with E-state index in [4.69, 9.17) is 15.2 Å². The summed E-state index contributed by atoms with van der Waals surface area (Å²) in [7, 11) is 4.97. The number of ether oxygens (including phenoxy) is 2. The maximum absolute atomic E-state index is 5.82. The largest absolute Gasteiger partial charge is 0.497 e. The summed E-state index contributed by atoms with van der Waals surface area (Å²) in [5.41, 5.74) is 9.26. The van der Waals surface area contributed by atoms with Crippen LogP contribution in [0.4, 0.5) is 5.69 Å². The monoisotopic (exact) mass is 474 g/mol. The van der Waals surface area contributed by atoms with Crippen molar-refractivity contribution in [3.05, 3.63) is 89.8 Å². The van der Waals surface area contributed by atoms with Crippen LogP contribution in [0.25, 0.3) is 0 Å². The summed E-state index contributed by atoms with van der Waals surface area (Å²) < 4.78 is 11.0. The highest BCUT2D eigenvalue weighted by molar-refractivity contribution is 5.98. The molecule has 0 aliphatic carbocycles. The number of nitrogens with two attached hydrogens (primary N) is 1. The fraction of sp³-hybridized carbons (Fsp3) is 0.259. The zero-order chi connectivity index (χ0) is 25.5. The Bertz CT molecular complexity index is 1100. The van der Waals surface area contributed by atoms with Crippen LogP contribution in [0.5, 0.6) is 11.5 Å². The maximum atomic E-state index is 5.82. The van der Waals surface area contributed by atoms with Gasteiger partial charge in [-0.1, -0.05) is 18.2 Å². The molecule has 0 amide bonds. The number of hydrogen-bond acceptors (Lipinski definition) is 8. The van der Waals surface area contributed by atoms with Crippen LogP contribution in [-0.4, -0.2) is 50.2 Å². The van der Waals surface area contributed by atoms with E-state index < -0.39 is 0 Å². The molecule has 0 unspecified atom stereocenters. The van der Waals surface area contributed by atoms with Gasteiger partial charge < -0.3 is 20.1 Å².